The van der Waals surface area contributed by atoms with Gasteiger partial charge in [0.25, 0.3) is 0 Å². The van der Waals surface area contributed by atoms with Gasteiger partial charge in [-0.05, 0) is 65.2 Å². The molecule has 2 aliphatic rings. The largest absolute Gasteiger partial charge is 0.358 e. The molecule has 1 atom stereocenters. The Morgan fingerprint density at radius 3 is 2.06 bits per heavy atom. The molecule has 4 aromatic carbocycles. The number of fused-ring (bicyclic) bond motifs is 6. The molecule has 0 aromatic heterocycles. The van der Waals surface area contributed by atoms with Gasteiger partial charge in [0.15, 0.2) is 0 Å². The van der Waals surface area contributed by atoms with E-state index < -0.39 is 0 Å². The van der Waals surface area contributed by atoms with Gasteiger partial charge >= 0.3 is 0 Å². The molecule has 2 heteroatoms. The summed E-state index contributed by atoms with van der Waals surface area (Å²) in [5.41, 5.74) is 6.72. The molecule has 0 saturated carbocycles. The van der Waals surface area contributed by atoms with E-state index in [1.54, 1.807) is 0 Å². The molecule has 0 fully saturated rings. The standard InChI is InChI=1S/C30H28N2/c1-29(2)26(31-24-17-15-20-10-5-7-12-22(20)27(24)29)14-9-19-32-25-18-16-21-11-6-8-13-23(21)28(25)30(32,3)4/h5-19,31H,1-4H3/p+1/b19-9+,26-14+. The van der Waals surface area contributed by atoms with Crippen molar-refractivity contribution in [1.82, 2.24) is 0 Å². The lowest BCUT2D eigenvalue weighted by Gasteiger charge is -2.43. The molecule has 0 amide bonds. The fourth-order valence-electron chi connectivity index (χ4n) is 5.85. The van der Waals surface area contributed by atoms with E-state index in [1.807, 2.05) is 0 Å². The highest BCUT2D eigenvalue weighted by Crippen LogP contribution is 2.46. The molecule has 4 aromatic rings. The van der Waals surface area contributed by atoms with E-state index in [1.165, 1.54) is 54.6 Å². The van der Waals surface area contributed by atoms with E-state index in [0.29, 0.717) is 0 Å². The fourth-order valence-corrected chi connectivity index (χ4v) is 5.85. The number of hydrogen-bond donors (Lipinski definition) is 2. The van der Waals surface area contributed by atoms with Crippen molar-refractivity contribution >= 4 is 32.9 Å². The lowest BCUT2D eigenvalue weighted by molar-refractivity contribution is -0.867. The SMILES string of the molecule is CC1(C)/C(=C\C=C\[NH+]2c3ccc4ccccc4c3C2(C)C)Nc2ccc3ccccc3c21. The van der Waals surface area contributed by atoms with Gasteiger partial charge in [-0.3, -0.25) is 4.90 Å². The Bertz CT molecular complexity index is 1450. The van der Waals surface area contributed by atoms with Crippen LogP contribution in [0.3, 0.4) is 0 Å². The number of nitrogens with one attached hydrogen (secondary N) is 2. The lowest BCUT2D eigenvalue weighted by atomic mass is 9.78. The first-order valence-electron chi connectivity index (χ1n) is 11.5. The van der Waals surface area contributed by atoms with Crippen LogP contribution in [-0.4, -0.2) is 0 Å². The molecule has 2 N–H and O–H groups in total. The van der Waals surface area contributed by atoms with E-state index >= 15 is 0 Å². The number of anilines is 1. The van der Waals surface area contributed by atoms with Crippen LogP contribution in [0.2, 0.25) is 0 Å². The van der Waals surface area contributed by atoms with Crippen molar-refractivity contribution in [3.63, 3.8) is 0 Å². The molecule has 0 spiro atoms. The van der Waals surface area contributed by atoms with Gasteiger partial charge in [0.2, 0.25) is 0 Å². The van der Waals surface area contributed by atoms with Crippen LogP contribution in [0, 0.1) is 0 Å². The van der Waals surface area contributed by atoms with E-state index in [9.17, 15) is 0 Å². The van der Waals surface area contributed by atoms with Crippen LogP contribution >= 0.6 is 0 Å². The molecule has 0 radical (unpaired) electrons. The maximum atomic E-state index is 3.69. The Morgan fingerprint density at radius 1 is 0.719 bits per heavy atom. The molecule has 158 valence electrons. The molecule has 0 saturated heterocycles. The maximum absolute atomic E-state index is 3.69. The fraction of sp³-hybridized carbons (Fsp3) is 0.200. The minimum Gasteiger partial charge on any atom is -0.358 e. The highest BCUT2D eigenvalue weighted by molar-refractivity contribution is 5.94. The zero-order valence-corrected chi connectivity index (χ0v) is 19.2. The zero-order valence-electron chi connectivity index (χ0n) is 19.2. The quantitative estimate of drug-likeness (QED) is 0.378. The Hall–Kier alpha value is -3.36. The van der Waals surface area contributed by atoms with Crippen LogP contribution < -0.4 is 10.2 Å². The molecule has 2 nitrogen and oxygen atoms in total. The van der Waals surface area contributed by atoms with Crippen molar-refractivity contribution in [2.45, 2.75) is 38.6 Å². The third-order valence-electron chi connectivity index (χ3n) is 7.54. The van der Waals surface area contributed by atoms with Crippen molar-refractivity contribution in [2.75, 3.05) is 5.32 Å². The van der Waals surface area contributed by atoms with Crippen LogP contribution in [0.5, 0.6) is 0 Å². The highest BCUT2D eigenvalue weighted by Gasteiger charge is 2.48. The minimum absolute atomic E-state index is 0.0585. The first kappa shape index (κ1) is 19.3. The Labute approximate surface area is 189 Å². The Kier molecular flexibility index (Phi) is 3.97. The number of benzene rings is 4. The summed E-state index contributed by atoms with van der Waals surface area (Å²) in [6.45, 7) is 9.32. The first-order valence-corrected chi connectivity index (χ1v) is 11.5. The number of hydrogen-bond acceptors (Lipinski definition) is 1. The van der Waals surface area contributed by atoms with Crippen LogP contribution in [0.1, 0.15) is 38.8 Å². The van der Waals surface area contributed by atoms with Crippen molar-refractivity contribution in [3.8, 4) is 0 Å². The normalized spacial score (nSPS) is 21.5. The monoisotopic (exact) mass is 417 g/mol. The van der Waals surface area contributed by atoms with Gasteiger partial charge in [0.05, 0.1) is 5.56 Å². The molecule has 2 aliphatic heterocycles. The van der Waals surface area contributed by atoms with E-state index in [0.717, 1.165) is 0 Å². The zero-order chi connectivity index (χ0) is 22.1. The lowest BCUT2D eigenvalue weighted by Crippen LogP contribution is -3.15. The van der Waals surface area contributed by atoms with Gasteiger partial charge in [-0.25, -0.2) is 0 Å². The first-order chi connectivity index (χ1) is 15.4. The average molecular weight is 418 g/mol. The molecule has 0 aliphatic carbocycles. The molecule has 0 bridgehead atoms. The van der Waals surface area contributed by atoms with Gasteiger partial charge < -0.3 is 5.32 Å². The van der Waals surface area contributed by atoms with Crippen molar-refractivity contribution in [2.24, 2.45) is 0 Å². The van der Waals surface area contributed by atoms with Gasteiger partial charge in [-0.15, -0.1) is 0 Å². The van der Waals surface area contributed by atoms with Crippen molar-refractivity contribution in [3.05, 3.63) is 108 Å². The smallest absolute Gasteiger partial charge is 0.146 e. The summed E-state index contributed by atoms with van der Waals surface area (Å²) in [7, 11) is 0. The maximum Gasteiger partial charge on any atom is 0.146 e. The summed E-state index contributed by atoms with van der Waals surface area (Å²) >= 11 is 0. The number of rotatable bonds is 2. The second-order valence-electron chi connectivity index (χ2n) is 10.1. The third-order valence-corrected chi connectivity index (χ3v) is 7.54. The van der Waals surface area contributed by atoms with Gasteiger partial charge in [-0.1, -0.05) is 68.4 Å². The predicted octanol–water partition coefficient (Wildman–Crippen LogP) is 6.56. The summed E-state index contributed by atoms with van der Waals surface area (Å²) in [6.07, 6.45) is 6.80. The molecule has 6 rings (SSSR count). The molecule has 2 heterocycles. The van der Waals surface area contributed by atoms with E-state index in [-0.39, 0.29) is 11.0 Å². The van der Waals surface area contributed by atoms with Gasteiger partial charge in [-0.2, -0.15) is 0 Å². The second kappa shape index (κ2) is 6.57. The van der Waals surface area contributed by atoms with Crippen molar-refractivity contribution in [1.29, 1.82) is 0 Å². The van der Waals surface area contributed by atoms with Crippen LogP contribution in [-0.2, 0) is 11.0 Å². The Morgan fingerprint density at radius 2 is 1.34 bits per heavy atom. The summed E-state index contributed by atoms with van der Waals surface area (Å²) < 4.78 is 0. The molecular formula is C30H29N2+. The average Bonchev–Trinajstić information content (AvgIpc) is 3.05. The summed E-state index contributed by atoms with van der Waals surface area (Å²) in [6, 6.07) is 26.4. The van der Waals surface area contributed by atoms with Crippen LogP contribution in [0.25, 0.3) is 21.5 Å². The van der Waals surface area contributed by atoms with Crippen LogP contribution in [0.15, 0.2) is 96.8 Å². The van der Waals surface area contributed by atoms with Gasteiger partial charge in [0, 0.05) is 22.9 Å². The third kappa shape index (κ3) is 2.56. The molecule has 1 unspecified atom stereocenters. The van der Waals surface area contributed by atoms with Gasteiger partial charge in [0.1, 0.15) is 17.4 Å². The molecule has 32 heavy (non-hydrogen) atoms. The summed E-state index contributed by atoms with van der Waals surface area (Å²) in [5, 5.41) is 9.04. The number of quaternary nitrogens is 1. The number of allylic oxidation sites excluding steroid dienone is 3. The summed E-state index contributed by atoms with van der Waals surface area (Å²) in [4.78, 5) is 1.41. The second-order valence-corrected chi connectivity index (χ2v) is 10.1. The minimum atomic E-state index is -0.0611. The predicted molar refractivity (Wildman–Crippen MR) is 135 cm³/mol. The highest BCUT2D eigenvalue weighted by atomic mass is 15.2. The van der Waals surface area contributed by atoms with Crippen LogP contribution in [0.4, 0.5) is 11.4 Å². The summed E-state index contributed by atoms with van der Waals surface area (Å²) in [5.74, 6) is 0. The van der Waals surface area contributed by atoms with E-state index in [2.05, 4.69) is 124 Å². The van der Waals surface area contributed by atoms with Crippen molar-refractivity contribution < 1.29 is 4.90 Å². The van der Waals surface area contributed by atoms with E-state index in [4.69, 9.17) is 0 Å². The molecular weight excluding hydrogens is 388 g/mol. The Balaban J connectivity index is 1.35. The topological polar surface area (TPSA) is 16.5 Å².